The normalized spacial score (nSPS) is 13.4. The molecule has 0 spiro atoms. The van der Waals surface area contributed by atoms with E-state index in [0.29, 0.717) is 17.5 Å². The molecule has 0 radical (unpaired) electrons. The Morgan fingerprint density at radius 1 is 1.28 bits per heavy atom. The average molecular weight is 526 g/mol. The highest BCUT2D eigenvalue weighted by atomic mass is 79.9. The molecule has 0 bridgehead atoms. The van der Waals surface area contributed by atoms with E-state index < -0.39 is 6.04 Å². The molecule has 0 saturated carbocycles. The second kappa shape index (κ2) is 12.4. The van der Waals surface area contributed by atoms with Crippen molar-refractivity contribution in [1.82, 2.24) is 15.3 Å². The van der Waals surface area contributed by atoms with Gasteiger partial charge in [0.2, 0.25) is 11.8 Å². The van der Waals surface area contributed by atoms with Gasteiger partial charge in [0.15, 0.2) is 5.13 Å². The lowest BCUT2D eigenvalue weighted by atomic mass is 9.96. The van der Waals surface area contributed by atoms with E-state index in [1.165, 1.54) is 11.3 Å². The molecule has 7 nitrogen and oxygen atoms in total. The van der Waals surface area contributed by atoms with E-state index in [2.05, 4.69) is 57.3 Å². The zero-order valence-electron chi connectivity index (χ0n) is 19.4. The van der Waals surface area contributed by atoms with E-state index >= 15 is 0 Å². The van der Waals surface area contributed by atoms with Gasteiger partial charge in [-0.2, -0.15) is 0 Å². The summed E-state index contributed by atoms with van der Waals surface area (Å²) in [5, 5.41) is 6.21. The minimum Gasteiger partial charge on any atom is -0.379 e. The number of nitrogens with one attached hydrogen (secondary N) is 2. The summed E-state index contributed by atoms with van der Waals surface area (Å²) in [5.74, 6) is -0.130. The fraction of sp³-hybridized carbons (Fsp3) is 0.565. The fourth-order valence-corrected chi connectivity index (χ4v) is 4.50. The Bertz CT molecular complexity index is 903. The molecule has 2 aromatic rings. The van der Waals surface area contributed by atoms with Crippen LogP contribution in [0.5, 0.6) is 0 Å². The number of pyridine rings is 1. The van der Waals surface area contributed by atoms with Gasteiger partial charge in [0.25, 0.3) is 0 Å². The van der Waals surface area contributed by atoms with E-state index in [0.717, 1.165) is 34.2 Å². The van der Waals surface area contributed by atoms with Gasteiger partial charge >= 0.3 is 0 Å². The number of hydrogen-bond acceptors (Lipinski definition) is 6. The number of thiazole rings is 1. The summed E-state index contributed by atoms with van der Waals surface area (Å²) in [7, 11) is 1.74. The van der Waals surface area contributed by atoms with Crippen LogP contribution in [0.25, 0.3) is 0 Å². The third-order valence-corrected chi connectivity index (χ3v) is 6.97. The van der Waals surface area contributed by atoms with E-state index in [-0.39, 0.29) is 23.8 Å². The Hall–Kier alpha value is -1.84. The smallest absolute Gasteiger partial charge is 0.248 e. The fourth-order valence-electron chi connectivity index (χ4n) is 3.18. The molecular formula is C23H33BrN4O3S. The Labute approximate surface area is 202 Å². The van der Waals surface area contributed by atoms with Crippen LogP contribution in [0, 0.1) is 0 Å². The minimum atomic E-state index is -0.622. The lowest BCUT2D eigenvalue weighted by Gasteiger charge is -2.23. The van der Waals surface area contributed by atoms with Crippen LogP contribution in [0.4, 0.5) is 5.13 Å². The molecule has 0 aliphatic rings. The minimum absolute atomic E-state index is 0.111. The van der Waals surface area contributed by atoms with Crippen molar-refractivity contribution in [2.75, 3.05) is 12.4 Å². The quantitative estimate of drug-likeness (QED) is 0.404. The summed E-state index contributed by atoms with van der Waals surface area (Å²) in [6, 6.07) is 1.21. The van der Waals surface area contributed by atoms with Crippen molar-refractivity contribution in [2.24, 2.45) is 0 Å². The monoisotopic (exact) mass is 524 g/mol. The zero-order valence-corrected chi connectivity index (χ0v) is 21.8. The van der Waals surface area contributed by atoms with Crippen LogP contribution in [-0.2, 0) is 20.7 Å². The molecule has 0 aromatic carbocycles. The summed E-state index contributed by atoms with van der Waals surface area (Å²) >= 11 is 4.83. The molecule has 2 aromatic heterocycles. The van der Waals surface area contributed by atoms with Gasteiger partial charge < -0.3 is 15.4 Å². The van der Waals surface area contributed by atoms with E-state index in [1.807, 2.05) is 19.2 Å². The number of carbonyl (C=O) groups is 2. The lowest BCUT2D eigenvalue weighted by molar-refractivity contribution is -0.126. The maximum Gasteiger partial charge on any atom is 0.248 e. The molecule has 2 heterocycles. The Balaban J connectivity index is 1.86. The third-order valence-electron chi connectivity index (χ3n) is 5.39. The number of halogens is 1. The van der Waals surface area contributed by atoms with Crippen LogP contribution in [0.1, 0.15) is 69.7 Å². The van der Waals surface area contributed by atoms with E-state index in [4.69, 9.17) is 4.74 Å². The van der Waals surface area contributed by atoms with E-state index in [9.17, 15) is 9.59 Å². The van der Waals surface area contributed by atoms with Crippen LogP contribution >= 0.6 is 27.3 Å². The topological polar surface area (TPSA) is 93.2 Å². The predicted octanol–water partition coefficient (Wildman–Crippen LogP) is 5.08. The Morgan fingerprint density at radius 2 is 2.03 bits per heavy atom. The summed E-state index contributed by atoms with van der Waals surface area (Å²) in [5.41, 5.74) is 0.666. The predicted molar refractivity (Wildman–Crippen MR) is 132 cm³/mol. The van der Waals surface area contributed by atoms with Gasteiger partial charge in [-0.25, -0.2) is 4.98 Å². The number of ether oxygens (including phenoxy) is 1. The maximum atomic E-state index is 12.7. The summed E-state index contributed by atoms with van der Waals surface area (Å²) in [4.78, 5) is 34.6. The second-order valence-electron chi connectivity index (χ2n) is 8.53. The number of aromatic nitrogens is 2. The Morgan fingerprint density at radius 3 is 2.69 bits per heavy atom. The van der Waals surface area contributed by atoms with E-state index in [1.54, 1.807) is 19.5 Å². The third kappa shape index (κ3) is 8.60. The first-order chi connectivity index (χ1) is 15.1. The van der Waals surface area contributed by atoms with Crippen molar-refractivity contribution < 1.29 is 14.3 Å². The van der Waals surface area contributed by atoms with Gasteiger partial charge in [-0.3, -0.25) is 14.6 Å². The molecule has 0 aliphatic carbocycles. The number of rotatable bonds is 12. The number of methoxy groups -OCH3 is 1. The Kier molecular flexibility index (Phi) is 10.2. The van der Waals surface area contributed by atoms with Crippen molar-refractivity contribution in [2.45, 2.75) is 77.4 Å². The first kappa shape index (κ1) is 26.4. The van der Waals surface area contributed by atoms with Crippen LogP contribution in [-0.4, -0.2) is 40.5 Å². The first-order valence-electron chi connectivity index (χ1n) is 10.8. The van der Waals surface area contributed by atoms with Crippen molar-refractivity contribution in [3.63, 3.8) is 0 Å². The first-order valence-corrected chi connectivity index (χ1v) is 12.4. The summed E-state index contributed by atoms with van der Waals surface area (Å²) in [6.07, 6.45) is 8.84. The molecule has 0 saturated heterocycles. The average Bonchev–Trinajstić information content (AvgIpc) is 3.20. The zero-order chi connectivity index (χ0) is 23.7. The second-order valence-corrected chi connectivity index (χ2v) is 10.5. The standard InChI is InChI=1S/C23H33BrN4O3S/c1-6-18(27-20(29)11-16-10-17(24)13-25-12-16)21(30)28-22-26-14-19(32-22)15(2)8-7-9-23(3,4)31-5/h10,12-15,18H,6-9,11H2,1-5H3,(H,27,29)(H,26,28,30)/t15?,18-/m0/s1. The van der Waals surface area contributed by atoms with Gasteiger partial charge in [0, 0.05) is 35.1 Å². The molecule has 2 atom stereocenters. The number of hydrogen-bond donors (Lipinski definition) is 2. The largest absolute Gasteiger partial charge is 0.379 e. The highest BCUT2D eigenvalue weighted by molar-refractivity contribution is 9.10. The number of amides is 2. The molecular weight excluding hydrogens is 492 g/mol. The molecule has 1 unspecified atom stereocenters. The molecule has 2 amide bonds. The molecule has 0 aliphatic heterocycles. The molecule has 2 N–H and O–H groups in total. The molecule has 2 rings (SSSR count). The lowest BCUT2D eigenvalue weighted by Crippen LogP contribution is -2.44. The van der Waals surface area contributed by atoms with Gasteiger partial charge in [0.1, 0.15) is 6.04 Å². The molecule has 176 valence electrons. The maximum absolute atomic E-state index is 12.7. The summed E-state index contributed by atoms with van der Waals surface area (Å²) in [6.45, 7) is 8.22. The van der Waals surface area contributed by atoms with Crippen molar-refractivity contribution >= 4 is 44.2 Å². The molecule has 9 heteroatoms. The van der Waals surface area contributed by atoms with Crippen molar-refractivity contribution in [3.8, 4) is 0 Å². The van der Waals surface area contributed by atoms with Crippen molar-refractivity contribution in [3.05, 3.63) is 39.6 Å². The highest BCUT2D eigenvalue weighted by Gasteiger charge is 2.21. The van der Waals surface area contributed by atoms with Crippen molar-refractivity contribution in [1.29, 1.82) is 0 Å². The molecule has 0 fully saturated rings. The van der Waals surface area contributed by atoms with Gasteiger partial charge in [-0.05, 0) is 73.0 Å². The van der Waals surface area contributed by atoms with Gasteiger partial charge in [0.05, 0.1) is 12.0 Å². The van der Waals surface area contributed by atoms with Gasteiger partial charge in [-0.1, -0.05) is 13.8 Å². The van der Waals surface area contributed by atoms with Gasteiger partial charge in [-0.15, -0.1) is 11.3 Å². The van der Waals surface area contributed by atoms with Crippen LogP contribution in [0.2, 0.25) is 0 Å². The van der Waals surface area contributed by atoms with Crippen LogP contribution in [0.15, 0.2) is 29.1 Å². The number of carbonyl (C=O) groups excluding carboxylic acids is 2. The molecule has 32 heavy (non-hydrogen) atoms. The number of nitrogens with zero attached hydrogens (tertiary/aromatic N) is 2. The summed E-state index contributed by atoms with van der Waals surface area (Å²) < 4.78 is 6.29. The van der Waals surface area contributed by atoms with Crippen LogP contribution < -0.4 is 10.6 Å². The SMILES string of the molecule is CC[C@H](NC(=O)Cc1cncc(Br)c1)C(=O)Nc1ncc(C(C)CCCC(C)(C)OC)s1. The number of anilines is 1. The highest BCUT2D eigenvalue weighted by Crippen LogP contribution is 2.30. The van der Waals surface area contributed by atoms with Crippen LogP contribution in [0.3, 0.4) is 0 Å².